The van der Waals surface area contributed by atoms with Crippen molar-refractivity contribution in [1.29, 1.82) is 0 Å². The largest absolute Gasteiger partial charge is 0.466 e. The predicted molar refractivity (Wildman–Crippen MR) is 59.5 cm³/mol. The fraction of sp³-hybridized carbons (Fsp3) is 0.750. The molecule has 0 aromatic heterocycles. The average Bonchev–Trinajstić information content (AvgIpc) is 2.62. The van der Waals surface area contributed by atoms with Gasteiger partial charge in [0.1, 0.15) is 0 Å². The molecule has 2 rings (SSSR count). The zero-order valence-electron chi connectivity index (χ0n) is 9.89. The van der Waals surface area contributed by atoms with Gasteiger partial charge in [0, 0.05) is 24.6 Å². The Morgan fingerprint density at radius 3 is 3.06 bits per heavy atom. The van der Waals surface area contributed by atoms with Crippen LogP contribution in [0.15, 0.2) is 12.2 Å². The van der Waals surface area contributed by atoms with E-state index in [0.717, 1.165) is 13.0 Å². The van der Waals surface area contributed by atoms with Crippen LogP contribution in [-0.4, -0.2) is 36.8 Å². The van der Waals surface area contributed by atoms with Crippen molar-refractivity contribution in [3.8, 4) is 0 Å². The molecule has 0 aliphatic carbocycles. The Morgan fingerprint density at radius 1 is 1.50 bits per heavy atom. The Labute approximate surface area is 96.2 Å². The predicted octanol–water partition coefficient (Wildman–Crippen LogP) is 1.52. The number of nitrogens with zero attached hydrogens (tertiary/aromatic N) is 1. The number of ether oxygens (including phenoxy) is 1. The molecule has 4 nitrogen and oxygen atoms in total. The van der Waals surface area contributed by atoms with Crippen LogP contribution < -0.4 is 0 Å². The fourth-order valence-corrected chi connectivity index (χ4v) is 2.59. The molecule has 1 unspecified atom stereocenters. The first-order valence-corrected chi connectivity index (χ1v) is 5.92. The van der Waals surface area contributed by atoms with Crippen LogP contribution in [0.4, 0.5) is 0 Å². The smallest absolute Gasteiger partial charge is 0.330 e. The van der Waals surface area contributed by atoms with E-state index in [1.165, 1.54) is 26.0 Å². The summed E-state index contributed by atoms with van der Waals surface area (Å²) in [5.41, 5.74) is 0. The maximum atomic E-state index is 11.1. The van der Waals surface area contributed by atoms with E-state index in [1.807, 2.05) is 6.08 Å². The van der Waals surface area contributed by atoms with Gasteiger partial charge in [0.2, 0.25) is 0 Å². The van der Waals surface area contributed by atoms with Crippen LogP contribution in [0, 0.1) is 5.92 Å². The summed E-state index contributed by atoms with van der Waals surface area (Å²) in [7, 11) is 1.40. The van der Waals surface area contributed by atoms with Crippen LogP contribution in [0.2, 0.25) is 0 Å². The van der Waals surface area contributed by atoms with Crippen molar-refractivity contribution >= 4 is 5.97 Å². The Bertz CT molecular complexity index is 290. The molecule has 2 aliphatic heterocycles. The molecule has 90 valence electrons. The standard InChI is InChI=1S/C12H19NO3/c1-9-10(6-7-12(14)15-2)11-5-3-4-8-13(11)16-9/h6-7,9-11H,3-5,8H2,1-2H3/b7-6+/t9-,10-,11?/m0/s1. The van der Waals surface area contributed by atoms with Crippen molar-refractivity contribution in [2.45, 2.75) is 38.3 Å². The van der Waals surface area contributed by atoms with Gasteiger partial charge in [0.05, 0.1) is 13.2 Å². The lowest BCUT2D eigenvalue weighted by molar-refractivity contribution is -0.167. The van der Waals surface area contributed by atoms with Crippen molar-refractivity contribution in [1.82, 2.24) is 5.06 Å². The van der Waals surface area contributed by atoms with Crippen LogP contribution in [0.1, 0.15) is 26.2 Å². The van der Waals surface area contributed by atoms with Gasteiger partial charge in [-0.2, -0.15) is 5.06 Å². The molecule has 0 N–H and O–H groups in total. The minimum atomic E-state index is -0.290. The zero-order valence-corrected chi connectivity index (χ0v) is 9.89. The SMILES string of the molecule is COC(=O)/C=C/[C@@H]1C2CCCCN2O[C@H]1C. The van der Waals surface area contributed by atoms with Gasteiger partial charge in [-0.25, -0.2) is 4.79 Å². The van der Waals surface area contributed by atoms with Crippen molar-refractivity contribution in [3.05, 3.63) is 12.2 Å². The number of methoxy groups -OCH3 is 1. The van der Waals surface area contributed by atoms with Gasteiger partial charge in [-0.3, -0.25) is 4.84 Å². The Hall–Kier alpha value is -0.870. The number of hydrogen-bond acceptors (Lipinski definition) is 4. The molecule has 0 radical (unpaired) electrons. The monoisotopic (exact) mass is 225 g/mol. The molecule has 0 spiro atoms. The van der Waals surface area contributed by atoms with Crippen LogP contribution in [-0.2, 0) is 14.4 Å². The third kappa shape index (κ3) is 2.28. The van der Waals surface area contributed by atoms with Crippen molar-refractivity contribution in [2.75, 3.05) is 13.7 Å². The highest BCUT2D eigenvalue weighted by atomic mass is 16.7. The molecule has 2 heterocycles. The van der Waals surface area contributed by atoms with E-state index in [4.69, 9.17) is 4.84 Å². The Balaban J connectivity index is 2.02. The summed E-state index contributed by atoms with van der Waals surface area (Å²) in [5.74, 6) is 0.0147. The number of hydrogen-bond donors (Lipinski definition) is 0. The summed E-state index contributed by atoms with van der Waals surface area (Å²) in [4.78, 5) is 16.8. The molecule has 16 heavy (non-hydrogen) atoms. The minimum Gasteiger partial charge on any atom is -0.466 e. The lowest BCUT2D eigenvalue weighted by atomic mass is 9.89. The molecule has 2 saturated heterocycles. The first-order chi connectivity index (χ1) is 7.72. The Kier molecular flexibility index (Phi) is 3.61. The van der Waals surface area contributed by atoms with Gasteiger partial charge in [-0.05, 0) is 19.8 Å². The van der Waals surface area contributed by atoms with Crippen LogP contribution in [0.25, 0.3) is 0 Å². The molecule has 0 aromatic rings. The summed E-state index contributed by atoms with van der Waals surface area (Å²) in [6, 6.07) is 0.435. The second-order valence-electron chi connectivity index (χ2n) is 4.47. The highest BCUT2D eigenvalue weighted by molar-refractivity contribution is 5.81. The number of carbonyl (C=O) groups is 1. The molecular formula is C12H19NO3. The van der Waals surface area contributed by atoms with Gasteiger partial charge in [-0.15, -0.1) is 0 Å². The second kappa shape index (κ2) is 4.97. The summed E-state index contributed by atoms with van der Waals surface area (Å²) >= 11 is 0. The maximum absolute atomic E-state index is 11.1. The quantitative estimate of drug-likeness (QED) is 0.527. The van der Waals surface area contributed by atoms with Crippen LogP contribution in [0.3, 0.4) is 0 Å². The van der Waals surface area contributed by atoms with Crippen LogP contribution in [0.5, 0.6) is 0 Å². The van der Waals surface area contributed by atoms with Crippen molar-refractivity contribution in [3.63, 3.8) is 0 Å². The molecule has 0 saturated carbocycles. The Morgan fingerprint density at radius 2 is 2.31 bits per heavy atom. The normalized spacial score (nSPS) is 35.2. The first kappa shape index (κ1) is 11.6. The maximum Gasteiger partial charge on any atom is 0.330 e. The van der Waals surface area contributed by atoms with E-state index in [2.05, 4.69) is 16.7 Å². The summed E-state index contributed by atoms with van der Waals surface area (Å²) in [6.45, 7) is 3.07. The zero-order chi connectivity index (χ0) is 11.5. The molecular weight excluding hydrogens is 206 g/mol. The molecule has 2 fully saturated rings. The van der Waals surface area contributed by atoms with Gasteiger partial charge < -0.3 is 4.74 Å². The molecule has 2 aliphatic rings. The van der Waals surface area contributed by atoms with Crippen molar-refractivity contribution < 1.29 is 14.4 Å². The topological polar surface area (TPSA) is 38.8 Å². The highest BCUT2D eigenvalue weighted by Gasteiger charge is 2.40. The number of carbonyl (C=O) groups excluding carboxylic acids is 1. The van der Waals surface area contributed by atoms with Gasteiger partial charge >= 0.3 is 5.97 Å². The lowest BCUT2D eigenvalue weighted by Crippen LogP contribution is -2.35. The number of rotatable bonds is 2. The number of fused-ring (bicyclic) bond motifs is 1. The first-order valence-electron chi connectivity index (χ1n) is 5.92. The van der Waals surface area contributed by atoms with Gasteiger partial charge in [0.15, 0.2) is 0 Å². The van der Waals surface area contributed by atoms with E-state index < -0.39 is 0 Å². The number of hydroxylamine groups is 2. The number of piperidine rings is 1. The molecule has 0 amide bonds. The van der Waals surface area contributed by atoms with Gasteiger partial charge in [-0.1, -0.05) is 12.5 Å². The third-order valence-corrected chi connectivity index (χ3v) is 3.44. The molecule has 0 aromatic carbocycles. The van der Waals surface area contributed by atoms with E-state index in [0.29, 0.717) is 12.0 Å². The van der Waals surface area contributed by atoms with Crippen LogP contribution >= 0.6 is 0 Å². The fourth-order valence-electron chi connectivity index (χ4n) is 2.59. The lowest BCUT2D eigenvalue weighted by Gasteiger charge is -2.28. The molecule has 4 heteroatoms. The second-order valence-corrected chi connectivity index (χ2v) is 4.47. The summed E-state index contributed by atoms with van der Waals surface area (Å²) in [6.07, 6.45) is 7.22. The van der Waals surface area contributed by atoms with Crippen molar-refractivity contribution in [2.24, 2.45) is 5.92 Å². The summed E-state index contributed by atoms with van der Waals surface area (Å²) in [5, 5.41) is 2.08. The average molecular weight is 225 g/mol. The van der Waals surface area contributed by atoms with E-state index in [9.17, 15) is 4.79 Å². The van der Waals surface area contributed by atoms with E-state index in [1.54, 1.807) is 0 Å². The summed E-state index contributed by atoms with van der Waals surface area (Å²) < 4.78 is 4.60. The molecule has 3 atom stereocenters. The number of esters is 1. The van der Waals surface area contributed by atoms with Gasteiger partial charge in [0.25, 0.3) is 0 Å². The minimum absolute atomic E-state index is 0.156. The highest BCUT2D eigenvalue weighted by Crippen LogP contribution is 2.34. The molecule has 0 bridgehead atoms. The van der Waals surface area contributed by atoms with E-state index in [-0.39, 0.29) is 12.1 Å². The van der Waals surface area contributed by atoms with E-state index >= 15 is 0 Å². The third-order valence-electron chi connectivity index (χ3n) is 3.44.